The lowest BCUT2D eigenvalue weighted by Crippen LogP contribution is -2.31. The Labute approximate surface area is 121 Å². The molecule has 0 saturated heterocycles. The van der Waals surface area contributed by atoms with Gasteiger partial charge in [-0.1, -0.05) is 33.1 Å². The van der Waals surface area contributed by atoms with Gasteiger partial charge in [-0.3, -0.25) is 4.79 Å². The smallest absolute Gasteiger partial charge is 0.320 e. The summed E-state index contributed by atoms with van der Waals surface area (Å²) in [5.41, 5.74) is 10.4. The molecule has 6 heteroatoms. The van der Waals surface area contributed by atoms with Gasteiger partial charge in [0.1, 0.15) is 6.04 Å². The van der Waals surface area contributed by atoms with Gasteiger partial charge in [0.2, 0.25) is 0 Å². The summed E-state index contributed by atoms with van der Waals surface area (Å²) in [6, 6.07) is -0.716. The van der Waals surface area contributed by atoms with E-state index in [1.807, 2.05) is 13.8 Å². The first-order valence-electron chi connectivity index (χ1n) is 7.29. The maximum Gasteiger partial charge on any atom is 0.320 e. The zero-order valence-corrected chi connectivity index (χ0v) is 12.6. The molecule has 0 rings (SSSR count). The van der Waals surface area contributed by atoms with E-state index in [1.165, 1.54) is 0 Å². The van der Waals surface area contributed by atoms with Crippen molar-refractivity contribution >= 4 is 11.9 Å². The topological polar surface area (TPSA) is 129 Å². The lowest BCUT2D eigenvalue weighted by atomic mass is 9.99. The molecule has 5 N–H and O–H groups in total. The Bertz CT molecular complexity index is 254. The molecule has 0 aromatic rings. The van der Waals surface area contributed by atoms with Gasteiger partial charge < -0.3 is 26.5 Å². The zero-order chi connectivity index (χ0) is 16.0. The monoisotopic (exact) mass is 289 g/mol. The predicted molar refractivity (Wildman–Crippen MR) is 76.8 cm³/mol. The second kappa shape index (κ2) is 14.3. The number of hydrogen-bond acceptors (Lipinski definition) is 5. The van der Waals surface area contributed by atoms with Crippen molar-refractivity contribution in [3.05, 3.63) is 0 Å². The first kappa shape index (κ1) is 21.2. The van der Waals surface area contributed by atoms with Crippen molar-refractivity contribution in [1.82, 2.24) is 0 Å². The Morgan fingerprint density at radius 1 is 1.10 bits per heavy atom. The molecule has 0 saturated carbocycles. The Kier molecular flexibility index (Phi) is 15.1. The Hall–Kier alpha value is -1.14. The van der Waals surface area contributed by atoms with Gasteiger partial charge in [0, 0.05) is 5.97 Å². The molecule has 0 amide bonds. The molecule has 0 aromatic heterocycles. The molecule has 1 atom stereocenters. The summed E-state index contributed by atoms with van der Waals surface area (Å²) in [7, 11) is 0. The zero-order valence-electron chi connectivity index (χ0n) is 12.6. The third-order valence-corrected chi connectivity index (χ3v) is 2.89. The highest BCUT2D eigenvalue weighted by Gasteiger charge is 2.09. The normalized spacial score (nSPS) is 11.7. The highest BCUT2D eigenvalue weighted by atomic mass is 16.4. The van der Waals surface area contributed by atoms with Crippen LogP contribution < -0.4 is 16.6 Å². The molecule has 0 heterocycles. The van der Waals surface area contributed by atoms with Gasteiger partial charge in [-0.05, 0) is 38.1 Å². The molecule has 0 aliphatic heterocycles. The van der Waals surface area contributed by atoms with Crippen LogP contribution in [0.15, 0.2) is 0 Å². The lowest BCUT2D eigenvalue weighted by Gasteiger charge is -2.15. The van der Waals surface area contributed by atoms with Crippen LogP contribution >= 0.6 is 0 Å². The summed E-state index contributed by atoms with van der Waals surface area (Å²) in [6.07, 6.45) is 5.54. The van der Waals surface area contributed by atoms with Crippen LogP contribution in [0.3, 0.4) is 0 Å². The van der Waals surface area contributed by atoms with Crippen LogP contribution in [-0.2, 0) is 9.59 Å². The van der Waals surface area contributed by atoms with Crippen molar-refractivity contribution in [1.29, 1.82) is 0 Å². The number of carboxylic acids is 2. The largest absolute Gasteiger partial charge is 0.550 e. The minimum absolute atomic E-state index is 0.213. The van der Waals surface area contributed by atoms with Gasteiger partial charge in [0.25, 0.3) is 0 Å². The second-order valence-corrected chi connectivity index (χ2v) is 4.82. The van der Waals surface area contributed by atoms with E-state index in [4.69, 9.17) is 16.6 Å². The Morgan fingerprint density at radius 3 is 1.90 bits per heavy atom. The minimum Gasteiger partial charge on any atom is -0.550 e. The summed E-state index contributed by atoms with van der Waals surface area (Å²) >= 11 is 0. The van der Waals surface area contributed by atoms with Crippen LogP contribution in [0.5, 0.6) is 0 Å². The van der Waals surface area contributed by atoms with Crippen molar-refractivity contribution in [2.75, 3.05) is 6.54 Å². The van der Waals surface area contributed by atoms with E-state index in [0.29, 0.717) is 13.0 Å². The number of carboxylic acid groups (broad SMARTS) is 2. The van der Waals surface area contributed by atoms with E-state index < -0.39 is 18.0 Å². The minimum atomic E-state index is -0.933. The third kappa shape index (κ3) is 13.3. The molecule has 0 bridgehead atoms. The van der Waals surface area contributed by atoms with Gasteiger partial charge in [-0.2, -0.15) is 0 Å². The number of unbranched alkanes of at least 4 members (excludes halogenated alkanes) is 1. The van der Waals surface area contributed by atoms with Gasteiger partial charge in [-0.25, -0.2) is 0 Å². The summed E-state index contributed by atoms with van der Waals surface area (Å²) in [4.78, 5) is 20.5. The summed E-state index contributed by atoms with van der Waals surface area (Å²) < 4.78 is 0. The molecular weight excluding hydrogens is 260 g/mol. The lowest BCUT2D eigenvalue weighted by molar-refractivity contribution is -0.312. The van der Waals surface area contributed by atoms with Gasteiger partial charge in [0.15, 0.2) is 0 Å². The standard InChI is InChI=1S/C8H16O2.C6H14N2O2/c1-3-5-7(6-4-2)8(9)10;7-4-2-1-3-5(8)6(9)10/h7H,3-6H2,1-2H3,(H,9,10);5H,1-4,7-8H2,(H,9,10)/p-1/t;5-/m.0/s1. The predicted octanol–water partition coefficient (Wildman–Crippen LogP) is 0.480. The first-order valence-corrected chi connectivity index (χ1v) is 7.29. The molecular formula is C14H29N2O4-. The van der Waals surface area contributed by atoms with E-state index in [1.54, 1.807) is 0 Å². The van der Waals surface area contributed by atoms with Crippen molar-refractivity contribution in [3.8, 4) is 0 Å². The second-order valence-electron chi connectivity index (χ2n) is 4.82. The van der Waals surface area contributed by atoms with E-state index in [9.17, 15) is 14.7 Å². The van der Waals surface area contributed by atoms with Crippen LogP contribution in [0.4, 0.5) is 0 Å². The van der Waals surface area contributed by atoms with Gasteiger partial charge in [0.05, 0.1) is 0 Å². The van der Waals surface area contributed by atoms with E-state index >= 15 is 0 Å². The molecule has 0 aromatic carbocycles. The molecule has 0 radical (unpaired) electrons. The van der Waals surface area contributed by atoms with Crippen molar-refractivity contribution < 1.29 is 19.8 Å². The van der Waals surface area contributed by atoms with E-state index in [-0.39, 0.29) is 5.92 Å². The molecule has 0 aliphatic rings. The van der Waals surface area contributed by atoms with Gasteiger partial charge >= 0.3 is 5.97 Å². The first-order chi connectivity index (χ1) is 9.40. The fourth-order valence-electron chi connectivity index (χ4n) is 1.71. The molecule has 0 unspecified atom stereocenters. The average Bonchev–Trinajstić information content (AvgIpc) is 2.39. The molecule has 120 valence electrons. The number of carbonyl (C=O) groups excluding carboxylic acids is 1. The molecule has 20 heavy (non-hydrogen) atoms. The van der Waals surface area contributed by atoms with Crippen molar-refractivity contribution in [2.24, 2.45) is 17.4 Å². The van der Waals surface area contributed by atoms with Crippen LogP contribution in [0.2, 0.25) is 0 Å². The van der Waals surface area contributed by atoms with Crippen LogP contribution in [-0.4, -0.2) is 29.6 Å². The maximum absolute atomic E-state index is 10.4. The summed E-state index contributed by atoms with van der Waals surface area (Å²) in [6.45, 7) is 4.59. The molecule has 6 nitrogen and oxygen atoms in total. The van der Waals surface area contributed by atoms with Gasteiger partial charge in [-0.15, -0.1) is 0 Å². The average molecular weight is 289 g/mol. The van der Waals surface area contributed by atoms with Crippen molar-refractivity contribution in [3.63, 3.8) is 0 Å². The molecule has 0 aliphatic carbocycles. The summed E-state index contributed by atoms with van der Waals surface area (Å²) in [5.74, 6) is -2.03. The molecule has 0 fully saturated rings. The van der Waals surface area contributed by atoms with E-state index in [2.05, 4.69) is 0 Å². The SMILES string of the molecule is CCCC(CCC)C(=O)[O-].NCCCC[C@H](N)C(=O)O. The number of nitrogens with two attached hydrogens (primary N) is 2. The fraction of sp³-hybridized carbons (Fsp3) is 0.857. The fourth-order valence-corrected chi connectivity index (χ4v) is 1.71. The number of hydrogen-bond donors (Lipinski definition) is 3. The summed E-state index contributed by atoms with van der Waals surface area (Å²) in [5, 5.41) is 18.7. The highest BCUT2D eigenvalue weighted by molar-refractivity contribution is 5.72. The maximum atomic E-state index is 10.4. The quantitative estimate of drug-likeness (QED) is 0.501. The van der Waals surface area contributed by atoms with Crippen LogP contribution in [0, 0.1) is 5.92 Å². The molecule has 0 spiro atoms. The highest BCUT2D eigenvalue weighted by Crippen LogP contribution is 2.11. The van der Waals surface area contributed by atoms with Crippen LogP contribution in [0.25, 0.3) is 0 Å². The number of carbonyl (C=O) groups is 2. The van der Waals surface area contributed by atoms with Crippen molar-refractivity contribution in [2.45, 2.75) is 64.8 Å². The Balaban J connectivity index is 0. The number of rotatable bonds is 10. The van der Waals surface area contributed by atoms with Crippen LogP contribution in [0.1, 0.15) is 58.8 Å². The number of aliphatic carboxylic acids is 2. The van der Waals surface area contributed by atoms with E-state index in [0.717, 1.165) is 38.5 Å². The Morgan fingerprint density at radius 2 is 1.60 bits per heavy atom. The third-order valence-electron chi connectivity index (χ3n) is 2.89.